The second-order valence-electron chi connectivity index (χ2n) is 9.82. The van der Waals surface area contributed by atoms with Crippen LogP contribution in [0.2, 0.25) is 0 Å². The summed E-state index contributed by atoms with van der Waals surface area (Å²) in [5.41, 5.74) is 9.54. The zero-order chi connectivity index (χ0) is 27.0. The van der Waals surface area contributed by atoms with Crippen molar-refractivity contribution in [1.82, 2.24) is 14.8 Å². The monoisotopic (exact) mass is 511 g/mol. The SMILES string of the molecule is COc1ccc(CN2C(=O)CC(c3ncc(C)o3)=Cc3ccc(-c4cnn(C(C)(C)C(N)=O)c4)cc32)cc1. The summed E-state index contributed by atoms with van der Waals surface area (Å²) in [4.78, 5) is 31.7. The Morgan fingerprint density at radius 3 is 2.55 bits per heavy atom. The van der Waals surface area contributed by atoms with Crippen molar-refractivity contribution >= 4 is 29.2 Å². The number of aryl methyl sites for hydroxylation is 1. The quantitative estimate of drug-likeness (QED) is 0.389. The van der Waals surface area contributed by atoms with Crippen LogP contribution in [0.15, 0.2) is 65.5 Å². The molecule has 0 aliphatic carbocycles. The van der Waals surface area contributed by atoms with Crippen molar-refractivity contribution in [2.24, 2.45) is 5.73 Å². The first kappa shape index (κ1) is 25.0. The van der Waals surface area contributed by atoms with E-state index in [1.807, 2.05) is 55.5 Å². The predicted molar refractivity (Wildman–Crippen MR) is 144 cm³/mol. The molecule has 0 fully saturated rings. The van der Waals surface area contributed by atoms with Gasteiger partial charge < -0.3 is 19.8 Å². The molecule has 9 heteroatoms. The van der Waals surface area contributed by atoms with Gasteiger partial charge in [0.2, 0.25) is 17.7 Å². The van der Waals surface area contributed by atoms with Crippen LogP contribution in [0.3, 0.4) is 0 Å². The highest BCUT2D eigenvalue weighted by Gasteiger charge is 2.29. The van der Waals surface area contributed by atoms with Crippen LogP contribution in [0.4, 0.5) is 5.69 Å². The number of rotatable bonds is 7. The molecule has 0 unspecified atom stereocenters. The van der Waals surface area contributed by atoms with E-state index in [-0.39, 0.29) is 12.3 Å². The molecule has 2 aromatic heterocycles. The van der Waals surface area contributed by atoms with Crippen LogP contribution >= 0.6 is 0 Å². The number of carbonyl (C=O) groups is 2. The number of nitrogens with two attached hydrogens (primary N) is 1. The minimum Gasteiger partial charge on any atom is -0.497 e. The summed E-state index contributed by atoms with van der Waals surface area (Å²) in [5.74, 6) is 1.30. The Morgan fingerprint density at radius 1 is 1.13 bits per heavy atom. The van der Waals surface area contributed by atoms with Crippen molar-refractivity contribution in [2.75, 3.05) is 12.0 Å². The molecule has 194 valence electrons. The lowest BCUT2D eigenvalue weighted by atomic mass is 10.0. The second kappa shape index (κ2) is 9.66. The predicted octanol–water partition coefficient (Wildman–Crippen LogP) is 4.55. The van der Waals surface area contributed by atoms with Gasteiger partial charge in [-0.05, 0) is 61.7 Å². The Balaban J connectivity index is 1.58. The lowest BCUT2D eigenvalue weighted by Crippen LogP contribution is -2.41. The number of primary amides is 1. The van der Waals surface area contributed by atoms with Crippen LogP contribution < -0.4 is 15.4 Å². The third-order valence-electron chi connectivity index (χ3n) is 6.78. The number of carbonyl (C=O) groups excluding carboxylic acids is 2. The topological polar surface area (TPSA) is 116 Å². The molecule has 3 heterocycles. The van der Waals surface area contributed by atoms with Crippen molar-refractivity contribution in [3.05, 3.63) is 83.8 Å². The summed E-state index contributed by atoms with van der Waals surface area (Å²) in [7, 11) is 1.62. The number of methoxy groups -OCH3 is 1. The fraction of sp³-hybridized carbons (Fsp3) is 0.241. The number of hydrogen-bond donors (Lipinski definition) is 1. The number of benzene rings is 2. The van der Waals surface area contributed by atoms with Gasteiger partial charge >= 0.3 is 0 Å². The highest BCUT2D eigenvalue weighted by atomic mass is 16.5. The lowest BCUT2D eigenvalue weighted by molar-refractivity contribution is -0.125. The molecular formula is C29H29N5O4. The van der Waals surface area contributed by atoms with E-state index >= 15 is 0 Å². The standard InChI is InChI=1S/C29H29N5O4/c1-18-14-31-27(38-18)22-11-21-8-7-20(23-15-32-34(17-23)29(2,3)28(30)36)12-25(21)33(26(35)13-22)16-19-5-9-24(37-4)10-6-19/h5-12,14-15,17H,13,16H2,1-4H3,(H2,30,36). The third-order valence-corrected chi connectivity index (χ3v) is 6.78. The minimum atomic E-state index is -0.980. The Morgan fingerprint density at radius 2 is 1.89 bits per heavy atom. The van der Waals surface area contributed by atoms with E-state index < -0.39 is 11.4 Å². The van der Waals surface area contributed by atoms with Crippen LogP contribution in [0.25, 0.3) is 22.8 Å². The summed E-state index contributed by atoms with van der Waals surface area (Å²) >= 11 is 0. The lowest BCUT2D eigenvalue weighted by Gasteiger charge is -2.24. The van der Waals surface area contributed by atoms with Gasteiger partial charge in [0.1, 0.15) is 17.0 Å². The molecule has 0 spiro atoms. The summed E-state index contributed by atoms with van der Waals surface area (Å²) in [5, 5.41) is 4.38. The molecule has 0 atom stereocenters. The number of amides is 2. The van der Waals surface area contributed by atoms with Gasteiger partial charge in [0, 0.05) is 17.3 Å². The normalized spacial score (nSPS) is 13.6. The Labute approximate surface area is 220 Å². The van der Waals surface area contributed by atoms with E-state index in [0.29, 0.717) is 23.8 Å². The maximum absolute atomic E-state index is 13.7. The van der Waals surface area contributed by atoms with E-state index in [1.165, 1.54) is 0 Å². The minimum absolute atomic E-state index is 0.0793. The third kappa shape index (κ3) is 4.70. The Hall–Kier alpha value is -4.66. The highest BCUT2D eigenvalue weighted by Crippen LogP contribution is 2.37. The molecule has 2 amide bonds. The molecule has 0 bridgehead atoms. The van der Waals surface area contributed by atoms with Gasteiger partial charge in [-0.1, -0.05) is 24.3 Å². The van der Waals surface area contributed by atoms with Gasteiger partial charge in [0.15, 0.2) is 0 Å². The average Bonchev–Trinajstić information content (AvgIpc) is 3.55. The van der Waals surface area contributed by atoms with E-state index in [2.05, 4.69) is 10.1 Å². The van der Waals surface area contributed by atoms with E-state index in [0.717, 1.165) is 33.7 Å². The fourth-order valence-electron chi connectivity index (χ4n) is 4.33. The summed E-state index contributed by atoms with van der Waals surface area (Å²) < 4.78 is 12.6. The molecule has 0 saturated carbocycles. The number of ether oxygens (including phenoxy) is 1. The van der Waals surface area contributed by atoms with Gasteiger partial charge in [-0.15, -0.1) is 0 Å². The first-order chi connectivity index (χ1) is 18.2. The summed E-state index contributed by atoms with van der Waals surface area (Å²) in [6.07, 6.45) is 7.22. The molecule has 4 aromatic rings. The number of anilines is 1. The van der Waals surface area contributed by atoms with Crippen LogP contribution in [-0.4, -0.2) is 33.7 Å². The molecule has 9 nitrogen and oxygen atoms in total. The molecule has 0 saturated heterocycles. The number of hydrogen-bond acceptors (Lipinski definition) is 6. The van der Waals surface area contributed by atoms with E-state index in [4.69, 9.17) is 14.9 Å². The largest absolute Gasteiger partial charge is 0.497 e. The van der Waals surface area contributed by atoms with Gasteiger partial charge in [0.05, 0.1) is 38.2 Å². The van der Waals surface area contributed by atoms with Gasteiger partial charge in [-0.3, -0.25) is 14.3 Å². The number of oxazole rings is 1. The first-order valence-corrected chi connectivity index (χ1v) is 12.2. The number of fused-ring (bicyclic) bond motifs is 1. The van der Waals surface area contributed by atoms with Gasteiger partial charge in [-0.25, -0.2) is 4.98 Å². The number of nitrogens with zero attached hydrogens (tertiary/aromatic N) is 4. The smallest absolute Gasteiger partial charge is 0.244 e. The zero-order valence-electron chi connectivity index (χ0n) is 21.8. The summed E-state index contributed by atoms with van der Waals surface area (Å²) in [6, 6.07) is 13.6. The fourth-order valence-corrected chi connectivity index (χ4v) is 4.33. The Bertz CT molecular complexity index is 1550. The number of aromatic nitrogens is 3. The molecule has 2 aromatic carbocycles. The first-order valence-electron chi connectivity index (χ1n) is 12.2. The second-order valence-corrected chi connectivity index (χ2v) is 9.82. The van der Waals surface area contributed by atoms with E-state index in [9.17, 15) is 9.59 Å². The average molecular weight is 512 g/mol. The maximum Gasteiger partial charge on any atom is 0.244 e. The Kier molecular flexibility index (Phi) is 6.36. The van der Waals surface area contributed by atoms with Crippen molar-refractivity contribution in [3.63, 3.8) is 0 Å². The van der Waals surface area contributed by atoms with Crippen molar-refractivity contribution in [3.8, 4) is 16.9 Å². The van der Waals surface area contributed by atoms with Crippen LogP contribution in [0.1, 0.15) is 43.0 Å². The summed E-state index contributed by atoms with van der Waals surface area (Å²) in [6.45, 7) is 5.63. The molecule has 0 radical (unpaired) electrons. The zero-order valence-corrected chi connectivity index (χ0v) is 21.8. The van der Waals surface area contributed by atoms with Gasteiger partial charge in [0.25, 0.3) is 0 Å². The highest BCUT2D eigenvalue weighted by molar-refractivity contribution is 6.06. The molecule has 1 aliphatic heterocycles. The van der Waals surface area contributed by atoms with Crippen molar-refractivity contribution in [2.45, 2.75) is 39.3 Å². The van der Waals surface area contributed by atoms with Crippen LogP contribution in [0, 0.1) is 6.92 Å². The van der Waals surface area contributed by atoms with Crippen molar-refractivity contribution in [1.29, 1.82) is 0 Å². The van der Waals surface area contributed by atoms with Gasteiger partial charge in [-0.2, -0.15) is 5.10 Å². The maximum atomic E-state index is 13.7. The molecular weight excluding hydrogens is 482 g/mol. The molecule has 38 heavy (non-hydrogen) atoms. The van der Waals surface area contributed by atoms with Crippen LogP contribution in [-0.2, 0) is 21.7 Å². The molecule has 5 rings (SSSR count). The molecule has 1 aliphatic rings. The van der Waals surface area contributed by atoms with Crippen LogP contribution in [0.5, 0.6) is 5.75 Å². The molecule has 2 N–H and O–H groups in total. The van der Waals surface area contributed by atoms with Crippen molar-refractivity contribution < 1.29 is 18.7 Å². The van der Waals surface area contributed by atoms with E-state index in [1.54, 1.807) is 49.1 Å².